The summed E-state index contributed by atoms with van der Waals surface area (Å²) in [7, 11) is 0. The van der Waals surface area contributed by atoms with E-state index in [0.717, 1.165) is 50.3 Å². The number of carbonyl (C=O) groups is 1. The van der Waals surface area contributed by atoms with Crippen molar-refractivity contribution in [1.29, 1.82) is 0 Å². The van der Waals surface area contributed by atoms with Crippen LogP contribution in [0.25, 0.3) is 0 Å². The van der Waals surface area contributed by atoms with Crippen LogP contribution in [0.15, 0.2) is 42.5 Å². The van der Waals surface area contributed by atoms with Crippen molar-refractivity contribution in [2.24, 2.45) is 5.41 Å². The van der Waals surface area contributed by atoms with E-state index in [-0.39, 0.29) is 17.1 Å². The van der Waals surface area contributed by atoms with Crippen LogP contribution in [0, 0.1) is 18.2 Å². The lowest BCUT2D eigenvalue weighted by molar-refractivity contribution is -0.146. The molecule has 4 nitrogen and oxygen atoms in total. The summed E-state index contributed by atoms with van der Waals surface area (Å²) in [5.41, 5.74) is 2.36. The van der Waals surface area contributed by atoms with E-state index in [1.807, 2.05) is 36.1 Å². The van der Waals surface area contributed by atoms with Crippen LogP contribution in [-0.4, -0.2) is 40.3 Å². The molecule has 2 aromatic rings. The van der Waals surface area contributed by atoms with Crippen LogP contribution in [0.2, 0.25) is 0 Å². The van der Waals surface area contributed by atoms with Gasteiger partial charge in [-0.3, -0.25) is 14.7 Å². The first-order valence-corrected chi connectivity index (χ1v) is 9.73. The van der Waals surface area contributed by atoms with Crippen molar-refractivity contribution in [1.82, 2.24) is 14.8 Å². The molecular weight excluding hydrogens is 341 g/mol. The van der Waals surface area contributed by atoms with Gasteiger partial charge in [0.1, 0.15) is 5.82 Å². The van der Waals surface area contributed by atoms with Crippen molar-refractivity contribution in [3.05, 3.63) is 65.2 Å². The minimum absolute atomic E-state index is 0.191. The molecule has 2 aliphatic rings. The molecular formula is C22H26FN3O. The third-order valence-corrected chi connectivity index (χ3v) is 5.91. The number of nitrogens with zero attached hydrogens (tertiary/aromatic N) is 3. The van der Waals surface area contributed by atoms with Crippen LogP contribution in [0.5, 0.6) is 0 Å². The molecule has 5 heteroatoms. The Morgan fingerprint density at radius 2 is 1.93 bits per heavy atom. The maximum atomic E-state index is 14.0. The van der Waals surface area contributed by atoms with Crippen molar-refractivity contribution in [2.75, 3.05) is 19.6 Å². The van der Waals surface area contributed by atoms with Crippen molar-refractivity contribution in [2.45, 2.75) is 39.3 Å². The fourth-order valence-electron chi connectivity index (χ4n) is 4.52. The summed E-state index contributed by atoms with van der Waals surface area (Å²) in [6, 6.07) is 12.8. The second-order valence-corrected chi connectivity index (χ2v) is 7.93. The van der Waals surface area contributed by atoms with E-state index < -0.39 is 0 Å². The summed E-state index contributed by atoms with van der Waals surface area (Å²) >= 11 is 0. The lowest BCUT2D eigenvalue weighted by atomic mass is 9.78. The fourth-order valence-corrected chi connectivity index (χ4v) is 4.52. The molecule has 1 aromatic heterocycles. The Morgan fingerprint density at radius 3 is 2.74 bits per heavy atom. The molecule has 3 heterocycles. The highest BCUT2D eigenvalue weighted by atomic mass is 19.1. The predicted molar refractivity (Wildman–Crippen MR) is 102 cm³/mol. The average Bonchev–Trinajstić information content (AvgIpc) is 3.04. The van der Waals surface area contributed by atoms with E-state index in [4.69, 9.17) is 0 Å². The standard InChI is InChI=1S/C22H26FN3O/c1-17-6-4-8-19(24-17)15-25-13-11-22(16-25)10-5-12-26(21(22)27)14-18-7-2-3-9-20(18)23/h2-4,6-9H,5,10-16H2,1H3. The Hall–Kier alpha value is -2.27. The molecule has 142 valence electrons. The number of benzene rings is 1. The number of carbonyl (C=O) groups excluding carboxylic acids is 1. The van der Waals surface area contributed by atoms with Crippen molar-refractivity contribution < 1.29 is 9.18 Å². The molecule has 0 N–H and O–H groups in total. The molecule has 2 fully saturated rings. The molecule has 4 rings (SSSR count). The van der Waals surface area contributed by atoms with Gasteiger partial charge in [-0.05, 0) is 50.9 Å². The monoisotopic (exact) mass is 367 g/mol. The largest absolute Gasteiger partial charge is 0.338 e. The first-order valence-electron chi connectivity index (χ1n) is 9.73. The minimum atomic E-state index is -0.312. The van der Waals surface area contributed by atoms with E-state index in [1.54, 1.807) is 12.1 Å². The van der Waals surface area contributed by atoms with E-state index in [9.17, 15) is 9.18 Å². The minimum Gasteiger partial charge on any atom is -0.338 e. The number of aryl methyl sites for hydroxylation is 1. The van der Waals surface area contributed by atoms with Crippen LogP contribution < -0.4 is 0 Å². The average molecular weight is 367 g/mol. The second kappa shape index (κ2) is 7.39. The summed E-state index contributed by atoms with van der Waals surface area (Å²) in [4.78, 5) is 22.1. The van der Waals surface area contributed by atoms with Crippen molar-refractivity contribution in [3.8, 4) is 0 Å². The van der Waals surface area contributed by atoms with E-state index in [2.05, 4.69) is 9.88 Å². The van der Waals surface area contributed by atoms with Crippen LogP contribution in [-0.2, 0) is 17.9 Å². The normalized spacial score (nSPS) is 23.3. The number of piperidine rings is 1. The molecule has 1 unspecified atom stereocenters. The number of pyridine rings is 1. The van der Waals surface area contributed by atoms with Crippen LogP contribution in [0.1, 0.15) is 36.2 Å². The SMILES string of the molecule is Cc1cccc(CN2CCC3(CCCN(Cc4ccccc4F)C3=O)C2)n1. The van der Waals surface area contributed by atoms with Crippen molar-refractivity contribution >= 4 is 5.91 Å². The topological polar surface area (TPSA) is 36.4 Å². The van der Waals surface area contributed by atoms with Gasteiger partial charge in [0.15, 0.2) is 0 Å². The molecule has 2 aliphatic heterocycles. The zero-order valence-corrected chi connectivity index (χ0v) is 15.8. The van der Waals surface area contributed by atoms with E-state index in [0.29, 0.717) is 18.7 Å². The molecule has 27 heavy (non-hydrogen) atoms. The quantitative estimate of drug-likeness (QED) is 0.829. The summed E-state index contributed by atoms with van der Waals surface area (Å²) < 4.78 is 14.0. The third kappa shape index (κ3) is 3.74. The van der Waals surface area contributed by atoms with Gasteiger partial charge in [-0.25, -0.2) is 4.39 Å². The highest BCUT2D eigenvalue weighted by Gasteiger charge is 2.48. The van der Waals surface area contributed by atoms with Gasteiger partial charge in [0, 0.05) is 37.4 Å². The molecule has 0 bridgehead atoms. The number of halogens is 1. The summed E-state index contributed by atoms with van der Waals surface area (Å²) in [6.07, 6.45) is 2.79. The zero-order valence-electron chi connectivity index (χ0n) is 15.8. The van der Waals surface area contributed by atoms with Crippen LogP contribution in [0.3, 0.4) is 0 Å². The van der Waals surface area contributed by atoms with Gasteiger partial charge in [0.25, 0.3) is 0 Å². The van der Waals surface area contributed by atoms with Gasteiger partial charge < -0.3 is 4.90 Å². The second-order valence-electron chi connectivity index (χ2n) is 7.93. The third-order valence-electron chi connectivity index (χ3n) is 5.91. The first kappa shape index (κ1) is 18.1. The summed E-state index contributed by atoms with van der Waals surface area (Å²) in [5, 5.41) is 0. The molecule has 2 saturated heterocycles. The van der Waals surface area contributed by atoms with Gasteiger partial charge in [-0.2, -0.15) is 0 Å². The van der Waals surface area contributed by atoms with Gasteiger partial charge in [-0.15, -0.1) is 0 Å². The van der Waals surface area contributed by atoms with Crippen LogP contribution in [0.4, 0.5) is 4.39 Å². The molecule has 0 radical (unpaired) electrons. The number of likely N-dealkylation sites (tertiary alicyclic amines) is 2. The Labute approximate surface area is 160 Å². The van der Waals surface area contributed by atoms with Crippen molar-refractivity contribution in [3.63, 3.8) is 0 Å². The lowest BCUT2D eigenvalue weighted by Gasteiger charge is -2.39. The highest BCUT2D eigenvalue weighted by Crippen LogP contribution is 2.41. The van der Waals surface area contributed by atoms with Crippen LogP contribution >= 0.6 is 0 Å². The highest BCUT2D eigenvalue weighted by molar-refractivity contribution is 5.84. The number of aromatic nitrogens is 1. The van der Waals surface area contributed by atoms with E-state index in [1.165, 1.54) is 6.07 Å². The van der Waals surface area contributed by atoms with Gasteiger partial charge >= 0.3 is 0 Å². The number of rotatable bonds is 4. The molecule has 0 saturated carbocycles. The van der Waals surface area contributed by atoms with Gasteiger partial charge in [0.2, 0.25) is 5.91 Å². The predicted octanol–water partition coefficient (Wildman–Crippen LogP) is 3.54. The van der Waals surface area contributed by atoms with Gasteiger partial charge in [0.05, 0.1) is 11.1 Å². The molecule has 1 spiro atoms. The number of amides is 1. The zero-order chi connectivity index (χ0) is 18.9. The fraction of sp³-hybridized carbons (Fsp3) is 0.455. The Balaban J connectivity index is 1.45. The Kier molecular flexibility index (Phi) is 4.96. The molecule has 1 amide bonds. The molecule has 1 aromatic carbocycles. The van der Waals surface area contributed by atoms with E-state index >= 15 is 0 Å². The Bertz CT molecular complexity index is 840. The summed E-state index contributed by atoms with van der Waals surface area (Å²) in [5.74, 6) is -0.0415. The molecule has 0 aliphatic carbocycles. The Morgan fingerprint density at radius 1 is 1.07 bits per heavy atom. The smallest absolute Gasteiger partial charge is 0.230 e. The first-order chi connectivity index (χ1) is 13.1. The number of hydrogen-bond donors (Lipinski definition) is 0. The summed E-state index contributed by atoms with van der Waals surface area (Å²) in [6.45, 7) is 5.55. The maximum absolute atomic E-state index is 14.0. The lowest BCUT2D eigenvalue weighted by Crippen LogP contribution is -2.49. The van der Waals surface area contributed by atoms with Gasteiger partial charge in [-0.1, -0.05) is 24.3 Å². The maximum Gasteiger partial charge on any atom is 0.230 e. The number of hydrogen-bond acceptors (Lipinski definition) is 3. The molecule has 1 atom stereocenters.